The molecule has 0 fully saturated rings. The molecule has 0 saturated heterocycles. The van der Waals surface area contributed by atoms with Crippen molar-refractivity contribution < 1.29 is 0 Å². The molecule has 0 saturated carbocycles. The van der Waals surface area contributed by atoms with Gasteiger partial charge in [0.15, 0.2) is 17.1 Å². The van der Waals surface area contributed by atoms with E-state index in [9.17, 15) is 0 Å². The number of aryl methyl sites for hydroxylation is 4. The molecule has 0 spiro atoms. The highest BCUT2D eigenvalue weighted by atomic mass is 15.3. The van der Waals surface area contributed by atoms with Crippen LogP contribution in [0.15, 0.2) is 30.7 Å². The Morgan fingerprint density at radius 2 is 2.04 bits per heavy atom. The van der Waals surface area contributed by atoms with Crippen LogP contribution in [0.25, 0.3) is 17.4 Å². The maximum absolute atomic E-state index is 4.81. The first kappa shape index (κ1) is 16.2. The Morgan fingerprint density at radius 3 is 2.89 bits per heavy atom. The summed E-state index contributed by atoms with van der Waals surface area (Å²) < 4.78 is 4.01. The van der Waals surface area contributed by atoms with Crippen molar-refractivity contribution in [2.75, 3.05) is 0 Å². The molecule has 6 nitrogen and oxygen atoms in total. The van der Waals surface area contributed by atoms with Crippen LogP contribution in [0.1, 0.15) is 41.0 Å². The lowest BCUT2D eigenvalue weighted by molar-refractivity contribution is 0.715. The number of aromatic nitrogens is 6. The van der Waals surface area contributed by atoms with Crippen LogP contribution in [0.3, 0.4) is 0 Å². The fourth-order valence-corrected chi connectivity index (χ4v) is 3.81. The van der Waals surface area contributed by atoms with E-state index in [1.165, 1.54) is 11.1 Å². The van der Waals surface area contributed by atoms with Gasteiger partial charge in [-0.05, 0) is 44.2 Å². The van der Waals surface area contributed by atoms with E-state index in [1.54, 1.807) is 0 Å². The number of nitrogens with zero attached hydrogens (tertiary/aromatic N) is 6. The summed E-state index contributed by atoms with van der Waals surface area (Å²) in [7, 11) is 0. The van der Waals surface area contributed by atoms with Gasteiger partial charge in [-0.15, -0.1) is 0 Å². The van der Waals surface area contributed by atoms with E-state index in [0.717, 1.165) is 53.5 Å². The fraction of sp³-hybridized carbons (Fsp3) is 0.333. The molecule has 0 N–H and O–H groups in total. The average Bonchev–Trinajstić information content (AvgIpc) is 3.27. The number of hydrogen-bond donors (Lipinski definition) is 0. The molecule has 0 amide bonds. The lowest BCUT2D eigenvalue weighted by Gasteiger charge is -2.15. The van der Waals surface area contributed by atoms with Gasteiger partial charge < -0.3 is 4.40 Å². The van der Waals surface area contributed by atoms with Crippen LogP contribution in [0.4, 0.5) is 0 Å². The molecule has 1 aliphatic carbocycles. The molecular weight excluding hydrogens is 336 g/mol. The normalized spacial score (nSPS) is 16.3. The Morgan fingerprint density at radius 1 is 1.15 bits per heavy atom. The molecule has 4 heterocycles. The summed E-state index contributed by atoms with van der Waals surface area (Å²) in [6.45, 7) is 6.28. The lowest BCUT2D eigenvalue weighted by atomic mass is 9.92. The zero-order chi connectivity index (χ0) is 18.5. The highest BCUT2D eigenvalue weighted by Gasteiger charge is 2.16. The van der Waals surface area contributed by atoms with Crippen molar-refractivity contribution >= 4 is 17.4 Å². The van der Waals surface area contributed by atoms with E-state index in [4.69, 9.17) is 9.97 Å². The Hall–Kier alpha value is -3.02. The van der Waals surface area contributed by atoms with Gasteiger partial charge in [0.05, 0.1) is 11.4 Å². The average molecular weight is 358 g/mol. The molecule has 4 aromatic rings. The smallest absolute Gasteiger partial charge is 0.163 e. The summed E-state index contributed by atoms with van der Waals surface area (Å²) in [4.78, 5) is 14.0. The first-order valence-electron chi connectivity index (χ1n) is 9.44. The van der Waals surface area contributed by atoms with Gasteiger partial charge in [0.2, 0.25) is 0 Å². The highest BCUT2D eigenvalue weighted by molar-refractivity contribution is 5.70. The summed E-state index contributed by atoms with van der Waals surface area (Å²) in [6, 6.07) is 2.17. The van der Waals surface area contributed by atoms with Crippen molar-refractivity contribution in [3.8, 4) is 0 Å². The van der Waals surface area contributed by atoms with Crippen LogP contribution in [0.5, 0.6) is 0 Å². The van der Waals surface area contributed by atoms with E-state index in [2.05, 4.69) is 45.8 Å². The third-order valence-corrected chi connectivity index (χ3v) is 5.32. The minimum absolute atomic E-state index is 0.582. The summed E-state index contributed by atoms with van der Waals surface area (Å²) in [5.41, 5.74) is 7.54. The molecule has 1 atom stereocenters. The van der Waals surface area contributed by atoms with Crippen LogP contribution in [-0.2, 0) is 19.3 Å². The number of fused-ring (bicyclic) bond motifs is 4. The van der Waals surface area contributed by atoms with Crippen LogP contribution in [-0.4, -0.2) is 29.0 Å². The predicted molar refractivity (Wildman–Crippen MR) is 105 cm³/mol. The summed E-state index contributed by atoms with van der Waals surface area (Å²) in [6.07, 6.45) is 13.1. The number of allylic oxidation sites excluding steroid dienone is 1. The Labute approximate surface area is 157 Å². The van der Waals surface area contributed by atoms with Crippen molar-refractivity contribution in [1.82, 2.24) is 29.0 Å². The minimum Gasteiger partial charge on any atom is -0.301 e. The summed E-state index contributed by atoms with van der Waals surface area (Å²) in [5.74, 6) is 1.44. The molecule has 1 aliphatic rings. The second kappa shape index (κ2) is 6.01. The van der Waals surface area contributed by atoms with Gasteiger partial charge >= 0.3 is 0 Å². The highest BCUT2D eigenvalue weighted by Crippen LogP contribution is 2.25. The first-order chi connectivity index (χ1) is 13.1. The van der Waals surface area contributed by atoms with Crippen LogP contribution in [0, 0.1) is 19.8 Å². The van der Waals surface area contributed by atoms with E-state index in [-0.39, 0.29) is 0 Å². The van der Waals surface area contributed by atoms with Crippen molar-refractivity contribution in [1.29, 1.82) is 0 Å². The minimum atomic E-state index is 0.582. The maximum atomic E-state index is 4.81. The molecule has 27 heavy (non-hydrogen) atoms. The number of pyridine rings is 1. The second-order valence-corrected chi connectivity index (χ2v) is 7.50. The zero-order valence-electron chi connectivity index (χ0n) is 15.8. The number of imidazole rings is 1. The topological polar surface area (TPSA) is 60.4 Å². The van der Waals surface area contributed by atoms with Crippen LogP contribution in [0.2, 0.25) is 0 Å². The van der Waals surface area contributed by atoms with E-state index >= 15 is 0 Å². The third kappa shape index (κ3) is 2.72. The van der Waals surface area contributed by atoms with Gasteiger partial charge in [-0.2, -0.15) is 5.10 Å². The van der Waals surface area contributed by atoms with Crippen LogP contribution < -0.4 is 0 Å². The van der Waals surface area contributed by atoms with Gasteiger partial charge in [0.1, 0.15) is 0 Å². The lowest BCUT2D eigenvalue weighted by Crippen LogP contribution is -2.05. The zero-order valence-corrected chi connectivity index (χ0v) is 15.8. The monoisotopic (exact) mass is 358 g/mol. The molecule has 6 heteroatoms. The van der Waals surface area contributed by atoms with Gasteiger partial charge in [-0.25, -0.2) is 14.5 Å². The molecule has 136 valence electrons. The van der Waals surface area contributed by atoms with Gasteiger partial charge in [-0.1, -0.05) is 19.1 Å². The molecular formula is C21H22N6. The SMILES string of the molecule is Cc1ncc(C)n2cc(CCc3nc4c5c(ccn4n3)CC(C)C=C5)nc12. The van der Waals surface area contributed by atoms with Crippen LogP contribution >= 0.6 is 0 Å². The predicted octanol–water partition coefficient (Wildman–Crippen LogP) is 3.38. The van der Waals surface area contributed by atoms with Gasteiger partial charge in [0, 0.05) is 36.3 Å². The molecule has 0 radical (unpaired) electrons. The standard InChI is InChI=1S/C21H22N6/c1-13-4-6-18-16(10-13)8-9-27-21(18)24-19(25-27)7-5-17-12-26-14(2)11-22-15(3)20(26)23-17/h4,6,8-9,11-13H,5,7,10H2,1-3H3. The second-order valence-electron chi connectivity index (χ2n) is 7.50. The van der Waals surface area contributed by atoms with Crippen molar-refractivity contribution in [3.63, 3.8) is 0 Å². The maximum Gasteiger partial charge on any atom is 0.163 e. The molecule has 1 unspecified atom stereocenters. The molecule has 5 rings (SSSR count). The Bertz CT molecular complexity index is 1160. The first-order valence-corrected chi connectivity index (χ1v) is 9.44. The summed E-state index contributed by atoms with van der Waals surface area (Å²) >= 11 is 0. The molecule has 0 bridgehead atoms. The van der Waals surface area contributed by atoms with Gasteiger partial charge in [0.25, 0.3) is 0 Å². The Balaban J connectivity index is 1.44. The largest absolute Gasteiger partial charge is 0.301 e. The number of hydrogen-bond acceptors (Lipinski definition) is 4. The quantitative estimate of drug-likeness (QED) is 0.563. The van der Waals surface area contributed by atoms with Gasteiger partial charge in [-0.3, -0.25) is 4.98 Å². The summed E-state index contributed by atoms with van der Waals surface area (Å²) in [5, 5.41) is 4.67. The fourth-order valence-electron chi connectivity index (χ4n) is 3.81. The van der Waals surface area contributed by atoms with Crippen molar-refractivity contribution in [3.05, 3.63) is 64.8 Å². The molecule has 0 aromatic carbocycles. The van der Waals surface area contributed by atoms with E-state index < -0.39 is 0 Å². The Kier molecular flexibility index (Phi) is 3.60. The van der Waals surface area contributed by atoms with E-state index in [0.29, 0.717) is 5.92 Å². The van der Waals surface area contributed by atoms with Crippen molar-refractivity contribution in [2.24, 2.45) is 5.92 Å². The van der Waals surface area contributed by atoms with E-state index in [1.807, 2.05) is 30.8 Å². The molecule has 0 aliphatic heterocycles. The number of rotatable bonds is 3. The third-order valence-electron chi connectivity index (χ3n) is 5.32. The molecule has 4 aromatic heterocycles. The van der Waals surface area contributed by atoms with Crippen molar-refractivity contribution in [2.45, 2.75) is 40.0 Å².